The molecule has 0 aliphatic heterocycles. The van der Waals surface area contributed by atoms with Gasteiger partial charge >= 0.3 is 0 Å². The van der Waals surface area contributed by atoms with Crippen LogP contribution in [0, 0.1) is 11.2 Å². The van der Waals surface area contributed by atoms with Crippen LogP contribution in [0.3, 0.4) is 0 Å². The predicted molar refractivity (Wildman–Crippen MR) is 67.2 cm³/mol. The summed E-state index contributed by atoms with van der Waals surface area (Å²) in [5.41, 5.74) is -0.806. The van der Waals surface area contributed by atoms with Crippen LogP contribution in [0.1, 0.15) is 13.3 Å². The number of carbonyl (C=O) groups excluding carboxylic acids is 1. The zero-order valence-electron chi connectivity index (χ0n) is 8.86. The molecule has 1 aliphatic rings. The molecule has 1 atom stereocenters. The van der Waals surface area contributed by atoms with Gasteiger partial charge in [-0.25, -0.2) is 4.39 Å². The van der Waals surface area contributed by atoms with E-state index in [0.29, 0.717) is 6.42 Å². The minimum Gasteiger partial charge on any atom is -0.323 e. The minimum absolute atomic E-state index is 0.0664. The number of anilines is 1. The van der Waals surface area contributed by atoms with Gasteiger partial charge in [-0.3, -0.25) is 4.79 Å². The fraction of sp³-hybridized carbons (Fsp3) is 0.364. The van der Waals surface area contributed by atoms with Crippen LogP contribution in [-0.2, 0) is 4.79 Å². The van der Waals surface area contributed by atoms with E-state index in [9.17, 15) is 9.18 Å². The van der Waals surface area contributed by atoms with Gasteiger partial charge in [0.25, 0.3) is 0 Å². The molecule has 1 aromatic carbocycles. The number of amides is 1. The minimum atomic E-state index is -1.07. The summed E-state index contributed by atoms with van der Waals surface area (Å²) < 4.78 is 12.4. The average Bonchev–Trinajstić information content (AvgIpc) is 2.72. The Labute approximate surface area is 113 Å². The molecule has 1 N–H and O–H groups in total. The Bertz CT molecular complexity index is 492. The van der Waals surface area contributed by atoms with Crippen LogP contribution >= 0.6 is 34.8 Å². The monoisotopic (exact) mass is 295 g/mol. The van der Waals surface area contributed by atoms with Gasteiger partial charge in [-0.1, -0.05) is 11.6 Å². The number of hydrogen-bond donors (Lipinski definition) is 1. The highest BCUT2D eigenvalue weighted by atomic mass is 35.5. The van der Waals surface area contributed by atoms with E-state index in [0.717, 1.165) is 6.07 Å². The molecule has 2 nitrogen and oxygen atoms in total. The Kier molecular flexibility index (Phi) is 3.05. The van der Waals surface area contributed by atoms with Crippen molar-refractivity contribution in [2.24, 2.45) is 5.41 Å². The van der Waals surface area contributed by atoms with E-state index in [4.69, 9.17) is 34.8 Å². The molecule has 0 bridgehead atoms. The van der Waals surface area contributed by atoms with Gasteiger partial charge in [0.1, 0.15) is 10.2 Å². The summed E-state index contributed by atoms with van der Waals surface area (Å²) in [7, 11) is 0. The second-order valence-electron chi connectivity index (χ2n) is 4.29. The van der Waals surface area contributed by atoms with Gasteiger partial charge in [-0.15, -0.1) is 23.2 Å². The van der Waals surface area contributed by atoms with Crippen molar-refractivity contribution in [3.8, 4) is 0 Å². The molecule has 1 aromatic rings. The molecule has 1 aliphatic carbocycles. The third-order valence-corrected chi connectivity index (χ3v) is 4.27. The summed E-state index contributed by atoms with van der Waals surface area (Å²) in [5, 5.41) is 2.72. The molecule has 0 saturated heterocycles. The number of carbonyl (C=O) groups is 1. The molecule has 1 unspecified atom stereocenters. The fourth-order valence-corrected chi connectivity index (χ4v) is 2.36. The molecule has 2 rings (SSSR count). The van der Waals surface area contributed by atoms with Crippen molar-refractivity contribution in [1.29, 1.82) is 0 Å². The van der Waals surface area contributed by atoms with Crippen molar-refractivity contribution >= 4 is 46.4 Å². The number of rotatable bonds is 2. The van der Waals surface area contributed by atoms with Gasteiger partial charge in [0, 0.05) is 5.02 Å². The lowest BCUT2D eigenvalue weighted by molar-refractivity contribution is -0.120. The lowest BCUT2D eigenvalue weighted by Crippen LogP contribution is -2.26. The summed E-state index contributed by atoms with van der Waals surface area (Å²) in [6, 6.07) is 4.01. The first-order valence-corrected chi connectivity index (χ1v) is 6.04. The molecule has 0 spiro atoms. The van der Waals surface area contributed by atoms with Gasteiger partial charge in [-0.2, -0.15) is 0 Å². The number of benzene rings is 1. The molecule has 17 heavy (non-hydrogen) atoms. The number of nitrogens with one attached hydrogen (secondary N) is 1. The standard InChI is InChI=1S/C11H9Cl3FNO/c1-10(5-11(10,13)14)9(17)16-8-3-2-6(12)4-7(8)15/h2-4H,5H2,1H3,(H,16,17). The predicted octanol–water partition coefficient (Wildman–Crippen LogP) is 4.00. The van der Waals surface area contributed by atoms with Crippen LogP contribution in [0.2, 0.25) is 5.02 Å². The highest BCUT2D eigenvalue weighted by molar-refractivity contribution is 6.53. The highest BCUT2D eigenvalue weighted by Crippen LogP contribution is 2.64. The van der Waals surface area contributed by atoms with Crippen LogP contribution in [0.25, 0.3) is 0 Å². The molecule has 0 radical (unpaired) electrons. The Morgan fingerprint density at radius 1 is 1.47 bits per heavy atom. The molecule has 0 aromatic heterocycles. The first kappa shape index (κ1) is 12.9. The zero-order chi connectivity index (χ0) is 12.8. The number of halogens is 4. The quantitative estimate of drug-likeness (QED) is 0.821. The average molecular weight is 297 g/mol. The second kappa shape index (κ2) is 4.01. The zero-order valence-corrected chi connectivity index (χ0v) is 11.1. The van der Waals surface area contributed by atoms with E-state index < -0.39 is 21.5 Å². The van der Waals surface area contributed by atoms with E-state index in [2.05, 4.69) is 5.32 Å². The van der Waals surface area contributed by atoms with Crippen molar-refractivity contribution in [2.45, 2.75) is 17.7 Å². The van der Waals surface area contributed by atoms with Crippen LogP contribution in [0.4, 0.5) is 10.1 Å². The molecule has 6 heteroatoms. The van der Waals surface area contributed by atoms with Crippen LogP contribution in [-0.4, -0.2) is 10.2 Å². The third kappa shape index (κ3) is 2.24. The highest BCUT2D eigenvalue weighted by Gasteiger charge is 2.67. The van der Waals surface area contributed by atoms with Crippen LogP contribution < -0.4 is 5.32 Å². The maximum atomic E-state index is 13.4. The second-order valence-corrected chi connectivity index (χ2v) is 6.21. The molecule has 1 saturated carbocycles. The van der Waals surface area contributed by atoms with E-state index >= 15 is 0 Å². The maximum absolute atomic E-state index is 13.4. The van der Waals surface area contributed by atoms with E-state index in [1.165, 1.54) is 12.1 Å². The maximum Gasteiger partial charge on any atom is 0.233 e. The molecule has 1 fully saturated rings. The lowest BCUT2D eigenvalue weighted by atomic mass is 10.1. The molecule has 1 amide bonds. The summed E-state index contributed by atoms with van der Waals surface area (Å²) >= 11 is 17.3. The Morgan fingerprint density at radius 3 is 2.53 bits per heavy atom. The van der Waals surface area contributed by atoms with Crippen molar-refractivity contribution in [3.05, 3.63) is 29.0 Å². The largest absolute Gasteiger partial charge is 0.323 e. The van der Waals surface area contributed by atoms with E-state index in [1.54, 1.807) is 6.92 Å². The Hall–Kier alpha value is -0.510. The Morgan fingerprint density at radius 2 is 2.06 bits per heavy atom. The topological polar surface area (TPSA) is 29.1 Å². The smallest absolute Gasteiger partial charge is 0.233 e. The Balaban J connectivity index is 2.15. The summed E-state index contributed by atoms with van der Waals surface area (Å²) in [5.74, 6) is -0.992. The number of alkyl halides is 2. The molecule has 92 valence electrons. The lowest BCUT2D eigenvalue weighted by Gasteiger charge is -2.13. The van der Waals surface area contributed by atoms with Gasteiger partial charge in [0.15, 0.2) is 0 Å². The van der Waals surface area contributed by atoms with Crippen molar-refractivity contribution in [1.82, 2.24) is 0 Å². The normalized spacial score (nSPS) is 25.5. The molecular weight excluding hydrogens is 287 g/mol. The van der Waals surface area contributed by atoms with Gasteiger partial charge < -0.3 is 5.32 Å². The van der Waals surface area contributed by atoms with Crippen LogP contribution in [0.15, 0.2) is 18.2 Å². The molecule has 0 heterocycles. The van der Waals surface area contributed by atoms with Crippen molar-refractivity contribution in [2.75, 3.05) is 5.32 Å². The van der Waals surface area contributed by atoms with Gasteiger partial charge in [0.2, 0.25) is 5.91 Å². The van der Waals surface area contributed by atoms with Crippen LogP contribution in [0.5, 0.6) is 0 Å². The third-order valence-electron chi connectivity index (χ3n) is 2.94. The number of hydrogen-bond acceptors (Lipinski definition) is 1. The fourth-order valence-electron chi connectivity index (χ4n) is 1.50. The van der Waals surface area contributed by atoms with E-state index in [-0.39, 0.29) is 10.7 Å². The molecular formula is C11H9Cl3FNO. The first-order chi connectivity index (χ1) is 7.76. The SMILES string of the molecule is CC1(C(=O)Nc2ccc(Cl)cc2F)CC1(Cl)Cl. The van der Waals surface area contributed by atoms with E-state index in [1.807, 2.05) is 0 Å². The van der Waals surface area contributed by atoms with Crippen molar-refractivity contribution in [3.63, 3.8) is 0 Å². The van der Waals surface area contributed by atoms with Gasteiger partial charge in [-0.05, 0) is 31.5 Å². The van der Waals surface area contributed by atoms with Gasteiger partial charge in [0.05, 0.1) is 11.1 Å². The summed E-state index contributed by atoms with van der Waals surface area (Å²) in [6.45, 7) is 1.64. The van der Waals surface area contributed by atoms with Crippen molar-refractivity contribution < 1.29 is 9.18 Å². The summed E-state index contributed by atoms with van der Waals surface area (Å²) in [6.07, 6.45) is 0.351. The summed E-state index contributed by atoms with van der Waals surface area (Å²) in [4.78, 5) is 11.9. The first-order valence-electron chi connectivity index (χ1n) is 4.91.